The molecule has 0 spiro atoms. The third-order valence-corrected chi connectivity index (χ3v) is 7.33. The number of hydrogen-bond donors (Lipinski definition) is 0. The Kier molecular flexibility index (Phi) is 5.52. The third-order valence-electron chi connectivity index (χ3n) is 4.42. The lowest BCUT2D eigenvalue weighted by molar-refractivity contribution is 0.117. The van der Waals surface area contributed by atoms with E-state index in [0.29, 0.717) is 19.1 Å². The highest BCUT2D eigenvalue weighted by molar-refractivity contribution is 7.89. The van der Waals surface area contributed by atoms with Crippen molar-refractivity contribution in [2.45, 2.75) is 50.3 Å². The standard InChI is InChI=1S/C13H25ClN2O2S/c1-12(11-14)19(17,18)16-9-5-13(6-10-16)15-7-3-2-4-8-15/h12-13H,2-11H2,1H3. The molecule has 2 fully saturated rings. The van der Waals surface area contributed by atoms with Gasteiger partial charge in [0.2, 0.25) is 10.0 Å². The molecule has 2 saturated heterocycles. The number of piperidine rings is 2. The molecule has 1 atom stereocenters. The normalized spacial score (nSPS) is 26.4. The van der Waals surface area contributed by atoms with Gasteiger partial charge in [0.1, 0.15) is 0 Å². The number of hydrogen-bond acceptors (Lipinski definition) is 3. The molecule has 112 valence electrons. The number of rotatable bonds is 4. The minimum atomic E-state index is -3.18. The van der Waals surface area contributed by atoms with Crippen LogP contribution in [-0.4, -0.2) is 61.0 Å². The van der Waals surface area contributed by atoms with E-state index in [2.05, 4.69) is 4.90 Å². The highest BCUT2D eigenvalue weighted by Crippen LogP contribution is 2.23. The van der Waals surface area contributed by atoms with Crippen molar-refractivity contribution >= 4 is 21.6 Å². The lowest BCUT2D eigenvalue weighted by atomic mass is 10.0. The minimum Gasteiger partial charge on any atom is -0.300 e. The van der Waals surface area contributed by atoms with E-state index >= 15 is 0 Å². The van der Waals surface area contributed by atoms with Gasteiger partial charge in [-0.1, -0.05) is 6.42 Å². The molecule has 0 amide bonds. The first kappa shape index (κ1) is 15.5. The highest BCUT2D eigenvalue weighted by Gasteiger charge is 2.33. The second-order valence-electron chi connectivity index (χ2n) is 5.74. The van der Waals surface area contributed by atoms with Crippen LogP contribution < -0.4 is 0 Å². The van der Waals surface area contributed by atoms with Crippen LogP contribution in [0, 0.1) is 0 Å². The predicted octanol–water partition coefficient (Wildman–Crippen LogP) is 1.89. The summed E-state index contributed by atoms with van der Waals surface area (Å²) >= 11 is 5.69. The second-order valence-corrected chi connectivity index (χ2v) is 8.40. The molecule has 1 unspecified atom stereocenters. The van der Waals surface area contributed by atoms with Crippen LogP contribution >= 0.6 is 11.6 Å². The Balaban J connectivity index is 1.88. The molecule has 0 aromatic rings. The smallest absolute Gasteiger partial charge is 0.217 e. The van der Waals surface area contributed by atoms with Crippen molar-refractivity contribution in [1.29, 1.82) is 0 Å². The molecule has 6 heteroatoms. The van der Waals surface area contributed by atoms with Crippen LogP contribution in [0.4, 0.5) is 0 Å². The Morgan fingerprint density at radius 1 is 1.11 bits per heavy atom. The van der Waals surface area contributed by atoms with Crippen LogP contribution in [0.15, 0.2) is 0 Å². The molecule has 2 aliphatic heterocycles. The van der Waals surface area contributed by atoms with Gasteiger partial charge in [0.15, 0.2) is 0 Å². The van der Waals surface area contributed by atoms with E-state index in [9.17, 15) is 8.42 Å². The SMILES string of the molecule is CC(CCl)S(=O)(=O)N1CCC(N2CCCCC2)CC1. The molecule has 2 heterocycles. The largest absolute Gasteiger partial charge is 0.300 e. The summed E-state index contributed by atoms with van der Waals surface area (Å²) in [5, 5.41) is -0.472. The number of likely N-dealkylation sites (tertiary alicyclic amines) is 1. The van der Waals surface area contributed by atoms with Crippen LogP contribution in [0.3, 0.4) is 0 Å². The number of alkyl halides is 1. The predicted molar refractivity (Wildman–Crippen MR) is 79.1 cm³/mol. The van der Waals surface area contributed by atoms with E-state index in [0.717, 1.165) is 12.8 Å². The van der Waals surface area contributed by atoms with Crippen molar-refractivity contribution in [2.75, 3.05) is 32.1 Å². The zero-order chi connectivity index (χ0) is 13.9. The fourth-order valence-corrected chi connectivity index (χ4v) is 4.94. The summed E-state index contributed by atoms with van der Waals surface area (Å²) < 4.78 is 26.1. The molecule has 0 radical (unpaired) electrons. The zero-order valence-corrected chi connectivity index (χ0v) is 13.3. The first-order chi connectivity index (χ1) is 9.05. The fraction of sp³-hybridized carbons (Fsp3) is 1.00. The van der Waals surface area contributed by atoms with Gasteiger partial charge in [0, 0.05) is 25.0 Å². The van der Waals surface area contributed by atoms with Crippen LogP contribution in [0.1, 0.15) is 39.0 Å². The molecule has 0 saturated carbocycles. The van der Waals surface area contributed by atoms with Gasteiger partial charge >= 0.3 is 0 Å². The molecule has 0 aliphatic carbocycles. The van der Waals surface area contributed by atoms with Crippen molar-refractivity contribution in [3.8, 4) is 0 Å². The van der Waals surface area contributed by atoms with E-state index in [1.54, 1.807) is 11.2 Å². The van der Waals surface area contributed by atoms with E-state index in [4.69, 9.17) is 11.6 Å². The van der Waals surface area contributed by atoms with Gasteiger partial charge in [-0.05, 0) is 45.7 Å². The molecule has 2 rings (SSSR count). The van der Waals surface area contributed by atoms with Gasteiger partial charge in [-0.3, -0.25) is 0 Å². The Hall–Kier alpha value is 0.160. The molecular weight excluding hydrogens is 284 g/mol. The van der Waals surface area contributed by atoms with Gasteiger partial charge in [0.25, 0.3) is 0 Å². The Labute approximate surface area is 122 Å². The van der Waals surface area contributed by atoms with Gasteiger partial charge in [0.05, 0.1) is 5.25 Å². The number of sulfonamides is 1. The first-order valence-corrected chi connectivity index (χ1v) is 9.38. The number of nitrogens with zero attached hydrogens (tertiary/aromatic N) is 2. The third kappa shape index (κ3) is 3.63. The molecule has 4 nitrogen and oxygen atoms in total. The maximum Gasteiger partial charge on any atom is 0.217 e. The average molecular weight is 309 g/mol. The van der Waals surface area contributed by atoms with Crippen molar-refractivity contribution in [3.63, 3.8) is 0 Å². The molecule has 0 N–H and O–H groups in total. The van der Waals surface area contributed by atoms with Crippen molar-refractivity contribution in [1.82, 2.24) is 9.21 Å². The maximum absolute atomic E-state index is 12.2. The molecule has 2 aliphatic rings. The van der Waals surface area contributed by atoms with Gasteiger partial charge in [-0.25, -0.2) is 12.7 Å². The Bertz CT molecular complexity index is 374. The molecule has 0 bridgehead atoms. The Morgan fingerprint density at radius 2 is 1.68 bits per heavy atom. The number of halogens is 1. The van der Waals surface area contributed by atoms with E-state index in [1.807, 2.05) is 0 Å². The molecule has 0 aromatic carbocycles. The Morgan fingerprint density at radius 3 is 2.21 bits per heavy atom. The first-order valence-electron chi connectivity index (χ1n) is 7.34. The van der Waals surface area contributed by atoms with Crippen LogP contribution in [0.2, 0.25) is 0 Å². The molecule has 0 aromatic heterocycles. The van der Waals surface area contributed by atoms with Gasteiger partial charge < -0.3 is 4.90 Å². The maximum atomic E-state index is 12.2. The summed E-state index contributed by atoms with van der Waals surface area (Å²) in [6.45, 7) is 5.39. The van der Waals surface area contributed by atoms with Crippen LogP contribution in [0.25, 0.3) is 0 Å². The van der Waals surface area contributed by atoms with E-state index in [1.165, 1.54) is 32.4 Å². The van der Waals surface area contributed by atoms with E-state index < -0.39 is 15.3 Å². The summed E-state index contributed by atoms with van der Waals surface area (Å²) in [5.41, 5.74) is 0. The monoisotopic (exact) mass is 308 g/mol. The second kappa shape index (κ2) is 6.74. The van der Waals surface area contributed by atoms with E-state index in [-0.39, 0.29) is 5.88 Å². The minimum absolute atomic E-state index is 0.175. The fourth-order valence-electron chi connectivity index (χ4n) is 3.08. The average Bonchev–Trinajstić information content (AvgIpc) is 2.47. The molecule has 19 heavy (non-hydrogen) atoms. The summed E-state index contributed by atoms with van der Waals surface area (Å²) in [4.78, 5) is 2.55. The summed E-state index contributed by atoms with van der Waals surface area (Å²) in [7, 11) is -3.18. The van der Waals surface area contributed by atoms with Crippen molar-refractivity contribution in [3.05, 3.63) is 0 Å². The van der Waals surface area contributed by atoms with Crippen LogP contribution in [-0.2, 0) is 10.0 Å². The summed E-state index contributed by atoms with van der Waals surface area (Å²) in [6, 6.07) is 0.582. The van der Waals surface area contributed by atoms with Gasteiger partial charge in [-0.2, -0.15) is 0 Å². The van der Waals surface area contributed by atoms with Crippen LogP contribution in [0.5, 0.6) is 0 Å². The van der Waals surface area contributed by atoms with Gasteiger partial charge in [-0.15, -0.1) is 11.6 Å². The summed E-state index contributed by atoms with van der Waals surface area (Å²) in [6.07, 6.45) is 5.86. The van der Waals surface area contributed by atoms with Crippen molar-refractivity contribution in [2.24, 2.45) is 0 Å². The topological polar surface area (TPSA) is 40.6 Å². The summed E-state index contributed by atoms with van der Waals surface area (Å²) in [5.74, 6) is 0.175. The quantitative estimate of drug-likeness (QED) is 0.745. The lowest BCUT2D eigenvalue weighted by Gasteiger charge is -2.40. The lowest BCUT2D eigenvalue weighted by Crippen LogP contribution is -2.49. The zero-order valence-electron chi connectivity index (χ0n) is 11.7. The van der Waals surface area contributed by atoms with Crippen molar-refractivity contribution < 1.29 is 8.42 Å². The highest BCUT2D eigenvalue weighted by atomic mass is 35.5. The molecular formula is C13H25ClN2O2S.